The van der Waals surface area contributed by atoms with E-state index >= 15 is 0 Å². The Kier molecular flexibility index (Phi) is 3.50. The molecule has 0 aliphatic carbocycles. The zero-order chi connectivity index (χ0) is 15.7. The highest BCUT2D eigenvalue weighted by Crippen LogP contribution is 2.16. The van der Waals surface area contributed by atoms with Crippen molar-refractivity contribution >= 4 is 22.4 Å². The summed E-state index contributed by atoms with van der Waals surface area (Å²) in [5.41, 5.74) is 1.06. The first kappa shape index (κ1) is 14.1. The Balaban J connectivity index is 1.83. The van der Waals surface area contributed by atoms with E-state index in [9.17, 15) is 9.59 Å². The molecule has 3 rings (SSSR count). The summed E-state index contributed by atoms with van der Waals surface area (Å²) in [5, 5.41) is 7.96. The van der Waals surface area contributed by atoms with Gasteiger partial charge in [0.2, 0.25) is 5.91 Å². The van der Waals surface area contributed by atoms with Crippen LogP contribution in [0.4, 0.5) is 5.69 Å². The van der Waals surface area contributed by atoms with Crippen molar-refractivity contribution in [3.8, 4) is 0 Å². The number of aryl methyl sites for hydroxylation is 2. The highest BCUT2D eigenvalue weighted by molar-refractivity contribution is 5.95. The quantitative estimate of drug-likeness (QED) is 0.802. The third-order valence-electron chi connectivity index (χ3n) is 3.38. The van der Waals surface area contributed by atoms with Crippen molar-refractivity contribution < 1.29 is 9.32 Å². The fraction of sp³-hybridized carbons (Fsp3) is 0.188. The number of carbonyl (C=O) groups is 1. The largest absolute Gasteiger partial charge is 0.361 e. The molecule has 1 aromatic carbocycles. The number of aromatic nitrogens is 2. The molecule has 22 heavy (non-hydrogen) atoms. The summed E-state index contributed by atoms with van der Waals surface area (Å²) in [6.07, 6.45) is 1.85. The van der Waals surface area contributed by atoms with Gasteiger partial charge in [-0.2, -0.15) is 0 Å². The first-order valence-corrected chi connectivity index (χ1v) is 6.84. The van der Waals surface area contributed by atoms with Crippen molar-refractivity contribution in [2.75, 3.05) is 5.32 Å². The fourth-order valence-electron chi connectivity index (χ4n) is 2.29. The summed E-state index contributed by atoms with van der Waals surface area (Å²) in [6, 6.07) is 8.85. The Bertz CT molecular complexity index is 908. The summed E-state index contributed by atoms with van der Waals surface area (Å²) < 4.78 is 6.43. The molecule has 6 heteroatoms. The van der Waals surface area contributed by atoms with Gasteiger partial charge in [0.1, 0.15) is 5.76 Å². The summed E-state index contributed by atoms with van der Waals surface area (Å²) in [5.74, 6) is 0.456. The average molecular weight is 297 g/mol. The summed E-state index contributed by atoms with van der Waals surface area (Å²) >= 11 is 0. The maximum atomic E-state index is 12.1. The molecular weight excluding hydrogens is 282 g/mol. The van der Waals surface area contributed by atoms with Gasteiger partial charge in [0.15, 0.2) is 0 Å². The van der Waals surface area contributed by atoms with Gasteiger partial charge in [-0.1, -0.05) is 11.2 Å². The van der Waals surface area contributed by atoms with Crippen LogP contribution in [0.2, 0.25) is 0 Å². The van der Waals surface area contributed by atoms with E-state index < -0.39 is 0 Å². The van der Waals surface area contributed by atoms with Gasteiger partial charge in [0, 0.05) is 30.4 Å². The number of amides is 1. The van der Waals surface area contributed by atoms with Crippen molar-refractivity contribution in [2.24, 2.45) is 7.05 Å². The minimum Gasteiger partial charge on any atom is -0.361 e. The predicted octanol–water partition coefficient (Wildman–Crippen LogP) is 2.02. The van der Waals surface area contributed by atoms with Crippen LogP contribution in [0.5, 0.6) is 0 Å². The molecule has 1 amide bonds. The lowest BCUT2D eigenvalue weighted by molar-refractivity contribution is -0.115. The van der Waals surface area contributed by atoms with Gasteiger partial charge in [-0.3, -0.25) is 9.59 Å². The Labute approximate surface area is 126 Å². The SMILES string of the molecule is Cc1cc(CC(=O)Nc2ccc3ccn(C)c(=O)c3c2)no1. The van der Waals surface area contributed by atoms with E-state index in [1.165, 1.54) is 4.57 Å². The topological polar surface area (TPSA) is 77.1 Å². The molecule has 1 N–H and O–H groups in total. The van der Waals surface area contributed by atoms with Crippen molar-refractivity contribution in [2.45, 2.75) is 13.3 Å². The summed E-state index contributed by atoms with van der Waals surface area (Å²) in [4.78, 5) is 24.1. The lowest BCUT2D eigenvalue weighted by atomic mass is 10.1. The van der Waals surface area contributed by atoms with Crippen LogP contribution >= 0.6 is 0 Å². The molecule has 6 nitrogen and oxygen atoms in total. The molecule has 0 aliphatic heterocycles. The van der Waals surface area contributed by atoms with Crippen LogP contribution in [0, 0.1) is 6.92 Å². The van der Waals surface area contributed by atoms with E-state index in [1.807, 2.05) is 12.1 Å². The fourth-order valence-corrected chi connectivity index (χ4v) is 2.29. The summed E-state index contributed by atoms with van der Waals surface area (Å²) in [7, 11) is 1.69. The third-order valence-corrected chi connectivity index (χ3v) is 3.38. The number of pyridine rings is 1. The molecule has 112 valence electrons. The van der Waals surface area contributed by atoms with Crippen molar-refractivity contribution in [3.05, 3.63) is 58.3 Å². The van der Waals surface area contributed by atoms with Crippen LogP contribution < -0.4 is 10.9 Å². The molecule has 0 fully saturated rings. The molecule has 0 aliphatic rings. The van der Waals surface area contributed by atoms with E-state index in [4.69, 9.17) is 4.52 Å². The minimum atomic E-state index is -0.208. The highest BCUT2D eigenvalue weighted by Gasteiger charge is 2.09. The number of rotatable bonds is 3. The molecule has 0 unspecified atom stereocenters. The second-order valence-corrected chi connectivity index (χ2v) is 5.19. The number of hydrogen-bond acceptors (Lipinski definition) is 4. The van der Waals surface area contributed by atoms with E-state index in [0.29, 0.717) is 22.5 Å². The smallest absolute Gasteiger partial charge is 0.258 e. The monoisotopic (exact) mass is 297 g/mol. The molecule has 2 aromatic heterocycles. The maximum Gasteiger partial charge on any atom is 0.258 e. The second-order valence-electron chi connectivity index (χ2n) is 5.19. The van der Waals surface area contributed by atoms with E-state index in [-0.39, 0.29) is 17.9 Å². The number of benzene rings is 1. The van der Waals surface area contributed by atoms with Gasteiger partial charge in [-0.05, 0) is 30.5 Å². The highest BCUT2D eigenvalue weighted by atomic mass is 16.5. The van der Waals surface area contributed by atoms with Gasteiger partial charge < -0.3 is 14.4 Å². The first-order valence-electron chi connectivity index (χ1n) is 6.84. The Morgan fingerprint density at radius 3 is 2.86 bits per heavy atom. The van der Waals surface area contributed by atoms with Crippen molar-refractivity contribution in [1.82, 2.24) is 9.72 Å². The molecule has 0 saturated carbocycles. The Hall–Kier alpha value is -2.89. The van der Waals surface area contributed by atoms with Gasteiger partial charge in [0.25, 0.3) is 5.56 Å². The van der Waals surface area contributed by atoms with Crippen LogP contribution in [0.1, 0.15) is 11.5 Å². The van der Waals surface area contributed by atoms with E-state index in [1.54, 1.807) is 38.4 Å². The van der Waals surface area contributed by atoms with Gasteiger partial charge in [0.05, 0.1) is 12.1 Å². The van der Waals surface area contributed by atoms with Gasteiger partial charge in [-0.25, -0.2) is 0 Å². The Morgan fingerprint density at radius 2 is 2.14 bits per heavy atom. The predicted molar refractivity (Wildman–Crippen MR) is 82.8 cm³/mol. The molecule has 0 atom stereocenters. The zero-order valence-corrected chi connectivity index (χ0v) is 12.3. The van der Waals surface area contributed by atoms with Crippen molar-refractivity contribution in [3.63, 3.8) is 0 Å². The maximum absolute atomic E-state index is 12.1. The van der Waals surface area contributed by atoms with Crippen LogP contribution in [0.3, 0.4) is 0 Å². The van der Waals surface area contributed by atoms with Crippen LogP contribution in [-0.2, 0) is 18.3 Å². The lowest BCUT2D eigenvalue weighted by Gasteiger charge is -2.06. The number of nitrogens with one attached hydrogen (secondary N) is 1. The molecular formula is C16H15N3O3. The lowest BCUT2D eigenvalue weighted by Crippen LogP contribution is -2.17. The normalized spacial score (nSPS) is 10.8. The second kappa shape index (κ2) is 5.48. The van der Waals surface area contributed by atoms with Crippen LogP contribution in [-0.4, -0.2) is 15.6 Å². The molecule has 0 bridgehead atoms. The number of hydrogen-bond donors (Lipinski definition) is 1. The first-order chi connectivity index (χ1) is 10.5. The van der Waals surface area contributed by atoms with Crippen LogP contribution in [0.25, 0.3) is 10.8 Å². The average Bonchev–Trinajstić information content (AvgIpc) is 2.88. The molecule has 0 radical (unpaired) electrons. The van der Waals surface area contributed by atoms with E-state index in [0.717, 1.165) is 5.39 Å². The minimum absolute atomic E-state index is 0.0966. The van der Waals surface area contributed by atoms with Crippen LogP contribution in [0.15, 0.2) is 45.8 Å². The van der Waals surface area contributed by atoms with E-state index in [2.05, 4.69) is 10.5 Å². The molecule has 0 spiro atoms. The van der Waals surface area contributed by atoms with Crippen molar-refractivity contribution in [1.29, 1.82) is 0 Å². The zero-order valence-electron chi connectivity index (χ0n) is 12.3. The van der Waals surface area contributed by atoms with Gasteiger partial charge >= 0.3 is 0 Å². The molecule has 0 saturated heterocycles. The van der Waals surface area contributed by atoms with Gasteiger partial charge in [-0.15, -0.1) is 0 Å². The number of anilines is 1. The third kappa shape index (κ3) is 2.76. The number of nitrogens with zero attached hydrogens (tertiary/aromatic N) is 2. The number of fused-ring (bicyclic) bond motifs is 1. The molecule has 3 aromatic rings. The number of carbonyl (C=O) groups excluding carboxylic acids is 1. The molecule has 2 heterocycles. The standard InChI is InChI=1S/C16H15N3O3/c1-10-7-13(18-22-10)9-15(20)17-12-4-3-11-5-6-19(2)16(21)14(11)8-12/h3-8H,9H2,1-2H3,(H,17,20). The Morgan fingerprint density at radius 1 is 1.32 bits per heavy atom. The summed E-state index contributed by atoms with van der Waals surface area (Å²) in [6.45, 7) is 1.77.